The predicted molar refractivity (Wildman–Crippen MR) is 132 cm³/mol. The van der Waals surface area contributed by atoms with Crippen LogP contribution in [0.1, 0.15) is 67.7 Å². The van der Waals surface area contributed by atoms with E-state index in [1.807, 2.05) is 27.7 Å². The summed E-state index contributed by atoms with van der Waals surface area (Å²) in [7, 11) is 0. The first kappa shape index (κ1) is 28.1. The highest BCUT2D eigenvalue weighted by Crippen LogP contribution is 2.58. The first-order valence-corrected chi connectivity index (χ1v) is 12.9. The number of epoxide rings is 1. The van der Waals surface area contributed by atoms with Gasteiger partial charge in [-0.05, 0) is 51.0 Å². The number of allylic oxidation sites excluding steroid dienone is 1. The van der Waals surface area contributed by atoms with Gasteiger partial charge >= 0.3 is 17.9 Å². The molecule has 2 aliphatic carbocycles. The van der Waals surface area contributed by atoms with E-state index in [2.05, 4.69) is 6.58 Å². The molecule has 0 radical (unpaired) electrons. The Morgan fingerprint density at radius 1 is 1.19 bits per heavy atom. The van der Waals surface area contributed by atoms with Crippen molar-refractivity contribution in [3.8, 4) is 0 Å². The van der Waals surface area contributed by atoms with E-state index in [0.717, 1.165) is 5.57 Å². The summed E-state index contributed by atoms with van der Waals surface area (Å²) in [6, 6.07) is 0. The molecular formula is C28H40O8. The fourth-order valence-corrected chi connectivity index (χ4v) is 5.76. The average Bonchev–Trinajstić information content (AvgIpc) is 3.45. The van der Waals surface area contributed by atoms with E-state index >= 15 is 0 Å². The largest absolute Gasteiger partial charge is 0.462 e. The van der Waals surface area contributed by atoms with Crippen LogP contribution in [0.3, 0.4) is 0 Å². The summed E-state index contributed by atoms with van der Waals surface area (Å²) in [5.41, 5.74) is 0.722. The highest BCUT2D eigenvalue weighted by molar-refractivity contribution is 5.86. The molecule has 0 spiro atoms. The van der Waals surface area contributed by atoms with Crippen LogP contribution < -0.4 is 0 Å². The van der Waals surface area contributed by atoms with Crippen LogP contribution in [-0.4, -0.2) is 54.2 Å². The molecule has 1 aliphatic heterocycles. The van der Waals surface area contributed by atoms with Gasteiger partial charge in [-0.3, -0.25) is 14.4 Å². The van der Waals surface area contributed by atoms with Crippen molar-refractivity contribution in [2.24, 2.45) is 29.6 Å². The summed E-state index contributed by atoms with van der Waals surface area (Å²) in [6.07, 6.45) is 0.432. The van der Waals surface area contributed by atoms with Crippen molar-refractivity contribution < 1.29 is 38.1 Å². The van der Waals surface area contributed by atoms with Gasteiger partial charge in [-0.15, -0.1) is 0 Å². The first-order chi connectivity index (χ1) is 16.8. The maximum Gasteiger partial charge on any atom is 0.331 e. The van der Waals surface area contributed by atoms with E-state index in [9.17, 15) is 19.2 Å². The minimum atomic E-state index is -0.922. The van der Waals surface area contributed by atoms with E-state index in [-0.39, 0.29) is 30.0 Å². The molecule has 8 nitrogen and oxygen atoms in total. The minimum Gasteiger partial charge on any atom is -0.462 e. The summed E-state index contributed by atoms with van der Waals surface area (Å²) < 4.78 is 23.3. The summed E-state index contributed by atoms with van der Waals surface area (Å²) in [5, 5.41) is 0. The molecule has 0 aromatic heterocycles. The van der Waals surface area contributed by atoms with Gasteiger partial charge in [0.25, 0.3) is 0 Å². The maximum absolute atomic E-state index is 13.3. The summed E-state index contributed by atoms with van der Waals surface area (Å²) >= 11 is 0. The van der Waals surface area contributed by atoms with E-state index in [0.29, 0.717) is 25.0 Å². The monoisotopic (exact) mass is 504 g/mol. The van der Waals surface area contributed by atoms with Crippen molar-refractivity contribution in [2.45, 2.75) is 91.6 Å². The van der Waals surface area contributed by atoms with Gasteiger partial charge in [-0.1, -0.05) is 32.9 Å². The van der Waals surface area contributed by atoms with Crippen LogP contribution in [0.2, 0.25) is 0 Å². The molecule has 3 aliphatic rings. The molecule has 0 aromatic rings. The van der Waals surface area contributed by atoms with Crippen molar-refractivity contribution in [2.75, 3.05) is 6.61 Å². The van der Waals surface area contributed by atoms with Gasteiger partial charge in [0.15, 0.2) is 6.10 Å². The zero-order valence-electron chi connectivity index (χ0n) is 22.5. The zero-order valence-corrected chi connectivity index (χ0v) is 22.5. The lowest BCUT2D eigenvalue weighted by molar-refractivity contribution is -0.183. The van der Waals surface area contributed by atoms with Gasteiger partial charge in [-0.25, -0.2) is 4.79 Å². The van der Waals surface area contributed by atoms with Crippen molar-refractivity contribution in [3.05, 3.63) is 23.8 Å². The maximum atomic E-state index is 13.3. The molecular weight excluding hydrogens is 464 g/mol. The van der Waals surface area contributed by atoms with E-state index in [1.54, 1.807) is 13.8 Å². The summed E-state index contributed by atoms with van der Waals surface area (Å²) in [5.74, 6) is -3.54. The normalized spacial score (nSPS) is 35.5. The molecule has 1 heterocycles. The molecule has 0 amide bonds. The predicted octanol–water partition coefficient (Wildman–Crippen LogP) is 3.96. The van der Waals surface area contributed by atoms with Gasteiger partial charge in [-0.2, -0.15) is 0 Å². The van der Waals surface area contributed by atoms with E-state index < -0.39 is 53.7 Å². The van der Waals surface area contributed by atoms with Gasteiger partial charge in [0.1, 0.15) is 18.0 Å². The molecule has 9 atom stereocenters. The molecule has 0 bridgehead atoms. The Morgan fingerprint density at radius 3 is 2.36 bits per heavy atom. The fourth-order valence-electron chi connectivity index (χ4n) is 5.76. The number of esters is 3. The second-order valence-corrected chi connectivity index (χ2v) is 10.8. The SMILES string of the molecule is C=C1[C@@H]2CC(=O)[C@H]([C@H](C)OC(C)=O)[C@H]2[C@H]([C@@]2(C)CO2)[C@@H](OC(=O)C(C)CC)[C@H]1OC(=O)/C=C(\C)CC. The topological polar surface area (TPSA) is 109 Å². The number of Topliss-reactive ketones (excluding diaryl/α,β-unsaturated/α-hetero) is 1. The van der Waals surface area contributed by atoms with Crippen LogP contribution in [0.5, 0.6) is 0 Å². The second kappa shape index (κ2) is 10.9. The van der Waals surface area contributed by atoms with Crippen LogP contribution in [0.15, 0.2) is 23.8 Å². The Labute approximate surface area is 213 Å². The fraction of sp³-hybridized carbons (Fsp3) is 0.714. The van der Waals surface area contributed by atoms with E-state index in [1.165, 1.54) is 13.0 Å². The van der Waals surface area contributed by atoms with Crippen LogP contribution in [0.4, 0.5) is 0 Å². The van der Waals surface area contributed by atoms with Crippen molar-refractivity contribution in [1.29, 1.82) is 0 Å². The lowest BCUT2D eigenvalue weighted by Crippen LogP contribution is -2.57. The number of hydrogen-bond donors (Lipinski definition) is 0. The molecule has 1 unspecified atom stereocenters. The number of carbonyl (C=O) groups excluding carboxylic acids is 4. The average molecular weight is 505 g/mol. The standard InChI is InChI=1S/C28H40O8/c1-9-14(3)11-21(31)35-25-16(5)19-12-20(30)22(17(6)34-18(7)29)23(19)24(28(8)13-33-28)26(25)36-27(32)15(4)10-2/h11,15,17,19,22-26H,5,9-10,12-13H2,1-4,6-8H3/b14-11+/t15?,17-,19-,22-,23-,24-,25-,26+,28+/m0/s1. The van der Waals surface area contributed by atoms with E-state index in [4.69, 9.17) is 18.9 Å². The van der Waals surface area contributed by atoms with Crippen molar-refractivity contribution in [3.63, 3.8) is 0 Å². The molecule has 36 heavy (non-hydrogen) atoms. The van der Waals surface area contributed by atoms with Gasteiger partial charge in [0.2, 0.25) is 0 Å². The Hall–Kier alpha value is -2.48. The molecule has 3 rings (SSSR count). The van der Waals surface area contributed by atoms with Gasteiger partial charge in [0.05, 0.1) is 24.0 Å². The number of fused-ring (bicyclic) bond motifs is 1. The molecule has 0 aromatic carbocycles. The zero-order chi connectivity index (χ0) is 26.9. The Morgan fingerprint density at radius 2 is 1.83 bits per heavy atom. The smallest absolute Gasteiger partial charge is 0.331 e. The van der Waals surface area contributed by atoms with Crippen molar-refractivity contribution in [1.82, 2.24) is 0 Å². The highest BCUT2D eigenvalue weighted by atomic mass is 16.6. The highest BCUT2D eigenvalue weighted by Gasteiger charge is 2.67. The summed E-state index contributed by atoms with van der Waals surface area (Å²) in [6.45, 7) is 17.1. The Bertz CT molecular complexity index is 945. The third-order valence-corrected chi connectivity index (χ3v) is 8.18. The first-order valence-electron chi connectivity index (χ1n) is 12.9. The van der Waals surface area contributed by atoms with Crippen LogP contribution >= 0.6 is 0 Å². The number of hydrogen-bond acceptors (Lipinski definition) is 8. The number of rotatable bonds is 9. The lowest BCUT2D eigenvalue weighted by atomic mass is 9.61. The third-order valence-electron chi connectivity index (χ3n) is 8.18. The summed E-state index contributed by atoms with van der Waals surface area (Å²) in [4.78, 5) is 50.9. The van der Waals surface area contributed by atoms with Crippen LogP contribution in [0.25, 0.3) is 0 Å². The molecule has 8 heteroatoms. The van der Waals surface area contributed by atoms with Crippen LogP contribution in [-0.2, 0) is 38.1 Å². The Balaban J connectivity index is 2.07. The Kier molecular flexibility index (Phi) is 8.48. The number of ether oxygens (including phenoxy) is 4. The third kappa shape index (κ3) is 5.58. The van der Waals surface area contributed by atoms with Gasteiger partial charge < -0.3 is 18.9 Å². The molecule has 200 valence electrons. The number of ketones is 1. The van der Waals surface area contributed by atoms with Crippen LogP contribution in [0, 0.1) is 29.6 Å². The quantitative estimate of drug-likeness (QED) is 0.153. The molecule has 2 saturated carbocycles. The van der Waals surface area contributed by atoms with Crippen molar-refractivity contribution >= 4 is 23.7 Å². The molecule has 3 fully saturated rings. The van der Waals surface area contributed by atoms with Gasteiger partial charge in [0, 0.05) is 25.3 Å². The second-order valence-electron chi connectivity index (χ2n) is 10.8. The molecule has 0 N–H and O–H groups in total. The number of carbonyl (C=O) groups is 4. The molecule has 1 saturated heterocycles. The minimum absolute atomic E-state index is 0.0464. The lowest BCUT2D eigenvalue weighted by Gasteiger charge is -2.48.